The van der Waals surface area contributed by atoms with Gasteiger partial charge in [-0.2, -0.15) is 17.5 Å². The molecule has 0 saturated carbocycles. The van der Waals surface area contributed by atoms with Crippen molar-refractivity contribution in [2.75, 3.05) is 38.2 Å². The van der Waals surface area contributed by atoms with Gasteiger partial charge in [-0.3, -0.25) is 4.79 Å². The Hall–Kier alpha value is -2.63. The molecule has 168 valence electrons. The molecule has 1 aliphatic heterocycles. The summed E-state index contributed by atoms with van der Waals surface area (Å²) in [7, 11) is -3.72. The molecule has 1 saturated heterocycles. The minimum Gasteiger partial charge on any atom is -0.492 e. The molecule has 0 unspecified atom stereocenters. The topological polar surface area (TPSA) is 84.9 Å². The molecule has 0 atom stereocenters. The lowest BCUT2D eigenvalue weighted by molar-refractivity contribution is -0.137. The average molecular weight is 458 g/mol. The Kier molecular flexibility index (Phi) is 6.87. The number of alkyl halides is 3. The fraction of sp³-hybridized carbons (Fsp3) is 0.350. The minimum atomic E-state index is -4.58. The number of hydrogen-bond donors (Lipinski definition) is 1. The molecule has 31 heavy (non-hydrogen) atoms. The standard InChI is InChI=1S/C20H21F3N2O5S/c1-2-30-18-8-5-15(20(21,22)23)13-17(18)24-19(26)14-3-6-16(7-4-14)31(27,28)25-9-11-29-12-10-25/h3-8,13H,2,9-12H2,1H3,(H,24,26). The van der Waals surface area contributed by atoms with Crippen LogP contribution in [-0.2, 0) is 20.9 Å². The van der Waals surface area contributed by atoms with E-state index >= 15 is 0 Å². The number of sulfonamides is 1. The lowest BCUT2D eigenvalue weighted by Gasteiger charge is -2.26. The van der Waals surface area contributed by atoms with E-state index in [2.05, 4.69) is 5.32 Å². The molecule has 1 fully saturated rings. The first kappa shape index (κ1) is 23.0. The van der Waals surface area contributed by atoms with E-state index < -0.39 is 27.7 Å². The lowest BCUT2D eigenvalue weighted by atomic mass is 10.1. The maximum absolute atomic E-state index is 13.0. The van der Waals surface area contributed by atoms with Crippen LogP contribution < -0.4 is 10.1 Å². The number of rotatable bonds is 6. The predicted octanol–water partition coefficient (Wildman–Crippen LogP) is 3.38. The number of carbonyl (C=O) groups is 1. The molecule has 11 heteroatoms. The van der Waals surface area contributed by atoms with Crippen LogP contribution in [-0.4, -0.2) is 51.5 Å². The first-order chi connectivity index (χ1) is 14.6. The highest BCUT2D eigenvalue weighted by Gasteiger charge is 2.31. The van der Waals surface area contributed by atoms with E-state index in [-0.39, 0.29) is 41.6 Å². The van der Waals surface area contributed by atoms with Gasteiger partial charge in [0.25, 0.3) is 5.91 Å². The number of halogens is 3. The number of morpholine rings is 1. The summed E-state index contributed by atoms with van der Waals surface area (Å²) in [5.74, 6) is -0.606. The van der Waals surface area contributed by atoms with E-state index in [1.54, 1.807) is 6.92 Å². The summed E-state index contributed by atoms with van der Waals surface area (Å²) in [5, 5.41) is 2.41. The van der Waals surface area contributed by atoms with Crippen molar-refractivity contribution in [3.63, 3.8) is 0 Å². The molecule has 0 aliphatic carbocycles. The summed E-state index contributed by atoms with van der Waals surface area (Å²) in [6.07, 6.45) is -4.58. The van der Waals surface area contributed by atoms with Crippen molar-refractivity contribution in [1.29, 1.82) is 0 Å². The van der Waals surface area contributed by atoms with Crippen molar-refractivity contribution in [2.24, 2.45) is 0 Å². The van der Waals surface area contributed by atoms with Crippen LogP contribution >= 0.6 is 0 Å². The smallest absolute Gasteiger partial charge is 0.416 e. The van der Waals surface area contributed by atoms with Crippen molar-refractivity contribution in [1.82, 2.24) is 4.31 Å². The fourth-order valence-electron chi connectivity index (χ4n) is 2.99. The molecule has 7 nitrogen and oxygen atoms in total. The molecule has 0 aromatic heterocycles. The van der Waals surface area contributed by atoms with Crippen molar-refractivity contribution in [3.05, 3.63) is 53.6 Å². The number of nitrogens with one attached hydrogen (secondary N) is 1. The molecule has 1 aliphatic rings. The molecule has 1 heterocycles. The van der Waals surface area contributed by atoms with Gasteiger partial charge in [0.05, 0.1) is 36.0 Å². The van der Waals surface area contributed by atoms with Crippen LogP contribution in [0.1, 0.15) is 22.8 Å². The molecular weight excluding hydrogens is 437 g/mol. The van der Waals surface area contributed by atoms with Crippen LogP contribution in [0, 0.1) is 0 Å². The van der Waals surface area contributed by atoms with Gasteiger partial charge in [-0.05, 0) is 49.4 Å². The molecule has 0 spiro atoms. The van der Waals surface area contributed by atoms with Gasteiger partial charge >= 0.3 is 6.18 Å². The third-order valence-corrected chi connectivity index (χ3v) is 6.49. The summed E-state index contributed by atoms with van der Waals surface area (Å²) in [6, 6.07) is 7.98. The van der Waals surface area contributed by atoms with Crippen molar-refractivity contribution in [3.8, 4) is 5.75 Å². The molecule has 0 bridgehead atoms. The Morgan fingerprint density at radius 1 is 1.13 bits per heavy atom. The van der Waals surface area contributed by atoms with E-state index in [9.17, 15) is 26.4 Å². The fourth-order valence-corrected chi connectivity index (χ4v) is 4.40. The van der Waals surface area contributed by atoms with E-state index in [4.69, 9.17) is 9.47 Å². The Morgan fingerprint density at radius 3 is 2.35 bits per heavy atom. The van der Waals surface area contributed by atoms with Crippen LogP contribution in [0.5, 0.6) is 5.75 Å². The number of carbonyl (C=O) groups excluding carboxylic acids is 1. The molecule has 3 rings (SSSR count). The SMILES string of the molecule is CCOc1ccc(C(F)(F)F)cc1NC(=O)c1ccc(S(=O)(=O)N2CCOCC2)cc1. The van der Waals surface area contributed by atoms with Crippen LogP contribution in [0.15, 0.2) is 47.4 Å². The van der Waals surface area contributed by atoms with Gasteiger partial charge in [0.2, 0.25) is 10.0 Å². The lowest BCUT2D eigenvalue weighted by Crippen LogP contribution is -2.40. The second kappa shape index (κ2) is 9.25. The first-order valence-corrected chi connectivity index (χ1v) is 10.9. The summed E-state index contributed by atoms with van der Waals surface area (Å²) in [4.78, 5) is 12.6. The Morgan fingerprint density at radius 2 is 1.77 bits per heavy atom. The van der Waals surface area contributed by atoms with Crippen LogP contribution in [0.25, 0.3) is 0 Å². The second-order valence-electron chi connectivity index (χ2n) is 6.64. The molecule has 1 amide bonds. The normalized spacial score (nSPS) is 15.5. The van der Waals surface area contributed by atoms with Crippen LogP contribution in [0.3, 0.4) is 0 Å². The quantitative estimate of drug-likeness (QED) is 0.718. The monoisotopic (exact) mass is 458 g/mol. The first-order valence-electron chi connectivity index (χ1n) is 9.46. The van der Waals surface area contributed by atoms with E-state index in [1.807, 2.05) is 0 Å². The van der Waals surface area contributed by atoms with E-state index in [1.165, 1.54) is 28.6 Å². The van der Waals surface area contributed by atoms with Crippen molar-refractivity contribution >= 4 is 21.6 Å². The van der Waals surface area contributed by atoms with Gasteiger partial charge in [0.1, 0.15) is 5.75 Å². The van der Waals surface area contributed by atoms with E-state index in [0.29, 0.717) is 13.2 Å². The van der Waals surface area contributed by atoms with Crippen molar-refractivity contribution < 1.29 is 35.9 Å². The van der Waals surface area contributed by atoms with Gasteiger partial charge in [0.15, 0.2) is 0 Å². The van der Waals surface area contributed by atoms with Gasteiger partial charge in [0, 0.05) is 18.7 Å². The maximum atomic E-state index is 13.0. The largest absolute Gasteiger partial charge is 0.492 e. The third-order valence-electron chi connectivity index (χ3n) is 4.58. The van der Waals surface area contributed by atoms with Gasteiger partial charge < -0.3 is 14.8 Å². The van der Waals surface area contributed by atoms with Gasteiger partial charge in [-0.25, -0.2) is 8.42 Å². The number of anilines is 1. The number of ether oxygens (including phenoxy) is 2. The summed E-state index contributed by atoms with van der Waals surface area (Å²) in [6.45, 7) is 2.94. The number of nitrogens with zero attached hydrogens (tertiary/aromatic N) is 1. The Labute approximate surface area is 177 Å². The number of hydrogen-bond acceptors (Lipinski definition) is 5. The van der Waals surface area contributed by atoms with Crippen molar-refractivity contribution in [2.45, 2.75) is 18.0 Å². The zero-order valence-corrected chi connectivity index (χ0v) is 17.4. The minimum absolute atomic E-state index is 0.0139. The molecule has 2 aromatic rings. The molecule has 0 radical (unpaired) electrons. The summed E-state index contributed by atoms with van der Waals surface area (Å²) >= 11 is 0. The Bertz CT molecular complexity index is 1030. The second-order valence-corrected chi connectivity index (χ2v) is 8.57. The van der Waals surface area contributed by atoms with Crippen LogP contribution in [0.4, 0.5) is 18.9 Å². The summed E-state index contributed by atoms with van der Waals surface area (Å²) in [5.41, 5.74) is -0.981. The number of amides is 1. The molecule has 1 N–H and O–H groups in total. The zero-order valence-electron chi connectivity index (χ0n) is 16.6. The highest BCUT2D eigenvalue weighted by molar-refractivity contribution is 7.89. The highest BCUT2D eigenvalue weighted by atomic mass is 32.2. The Balaban J connectivity index is 1.81. The highest BCUT2D eigenvalue weighted by Crippen LogP contribution is 2.35. The van der Waals surface area contributed by atoms with Gasteiger partial charge in [-0.1, -0.05) is 0 Å². The number of benzene rings is 2. The van der Waals surface area contributed by atoms with E-state index in [0.717, 1.165) is 18.2 Å². The molecule has 2 aromatic carbocycles. The average Bonchev–Trinajstić information content (AvgIpc) is 2.75. The predicted molar refractivity (Wildman–Crippen MR) is 107 cm³/mol. The summed E-state index contributed by atoms with van der Waals surface area (Å²) < 4.78 is 76.2. The zero-order chi connectivity index (χ0) is 22.6. The van der Waals surface area contributed by atoms with Crippen LogP contribution in [0.2, 0.25) is 0 Å². The van der Waals surface area contributed by atoms with Gasteiger partial charge in [-0.15, -0.1) is 0 Å². The molecular formula is C20H21F3N2O5S. The maximum Gasteiger partial charge on any atom is 0.416 e. The third kappa shape index (κ3) is 5.35.